The van der Waals surface area contributed by atoms with Crippen molar-refractivity contribution >= 4 is 28.5 Å². The van der Waals surface area contributed by atoms with Crippen LogP contribution in [0.4, 0.5) is 4.39 Å². The largest absolute Gasteiger partial charge is 0.467 e. The summed E-state index contributed by atoms with van der Waals surface area (Å²) < 4.78 is 18.6. The number of rotatable bonds is 2. The van der Waals surface area contributed by atoms with Crippen LogP contribution in [0.5, 0.6) is 0 Å². The SMILES string of the molecule is O=C1CSC(N2N=C(c3ccc(F)cc3)CC2c2ccco2)=N1. The third-order valence-electron chi connectivity index (χ3n) is 3.70. The van der Waals surface area contributed by atoms with E-state index in [4.69, 9.17) is 4.42 Å². The number of amides is 1. The highest BCUT2D eigenvalue weighted by atomic mass is 32.2. The Hall–Kier alpha value is -2.41. The number of carbonyl (C=O) groups excluding carboxylic acids is 1. The van der Waals surface area contributed by atoms with E-state index in [9.17, 15) is 9.18 Å². The normalized spacial score (nSPS) is 20.8. The standard InChI is InChI=1S/C16H12FN3O2S/c17-11-5-3-10(4-6-11)12-8-13(14-2-1-7-22-14)20(19-12)16-18-15(21)9-23-16/h1-7,13H,8-9H2. The lowest BCUT2D eigenvalue weighted by Crippen LogP contribution is -2.23. The van der Waals surface area contributed by atoms with E-state index in [1.165, 1.54) is 23.9 Å². The van der Waals surface area contributed by atoms with Crippen molar-refractivity contribution in [1.82, 2.24) is 5.01 Å². The van der Waals surface area contributed by atoms with Crippen LogP contribution >= 0.6 is 11.8 Å². The fourth-order valence-corrected chi connectivity index (χ4v) is 3.40. The third-order valence-corrected chi connectivity index (χ3v) is 4.63. The van der Waals surface area contributed by atoms with E-state index in [-0.39, 0.29) is 17.8 Å². The molecule has 0 fully saturated rings. The van der Waals surface area contributed by atoms with Crippen molar-refractivity contribution in [2.45, 2.75) is 12.5 Å². The van der Waals surface area contributed by atoms with Gasteiger partial charge >= 0.3 is 0 Å². The molecule has 3 heterocycles. The maximum Gasteiger partial charge on any atom is 0.258 e. The molecule has 1 unspecified atom stereocenters. The van der Waals surface area contributed by atoms with Crippen LogP contribution in [0.15, 0.2) is 57.2 Å². The maximum atomic E-state index is 13.1. The predicted molar refractivity (Wildman–Crippen MR) is 85.7 cm³/mol. The van der Waals surface area contributed by atoms with E-state index in [2.05, 4.69) is 10.1 Å². The highest BCUT2D eigenvalue weighted by Gasteiger charge is 2.36. The molecule has 0 bridgehead atoms. The summed E-state index contributed by atoms with van der Waals surface area (Å²) in [7, 11) is 0. The minimum absolute atomic E-state index is 0.151. The number of nitrogens with zero attached hydrogens (tertiary/aromatic N) is 3. The summed E-state index contributed by atoms with van der Waals surface area (Å²) in [6, 6.07) is 9.77. The lowest BCUT2D eigenvalue weighted by Gasteiger charge is -2.20. The Morgan fingerprint density at radius 1 is 1.26 bits per heavy atom. The number of furan rings is 1. The van der Waals surface area contributed by atoms with Crippen LogP contribution in [-0.4, -0.2) is 27.5 Å². The van der Waals surface area contributed by atoms with Crippen molar-refractivity contribution in [2.75, 3.05) is 5.75 Å². The van der Waals surface area contributed by atoms with Gasteiger partial charge in [0.1, 0.15) is 17.6 Å². The third kappa shape index (κ3) is 2.68. The number of hydrazone groups is 1. The molecule has 5 nitrogen and oxygen atoms in total. The van der Waals surface area contributed by atoms with Crippen LogP contribution in [0.25, 0.3) is 0 Å². The summed E-state index contributed by atoms with van der Waals surface area (Å²) >= 11 is 1.37. The second kappa shape index (κ2) is 5.66. The van der Waals surface area contributed by atoms with E-state index in [1.807, 2.05) is 12.1 Å². The van der Waals surface area contributed by atoms with Crippen LogP contribution in [0.2, 0.25) is 0 Å². The zero-order valence-electron chi connectivity index (χ0n) is 12.0. The average Bonchev–Trinajstić information content (AvgIpc) is 3.27. The molecule has 1 amide bonds. The summed E-state index contributed by atoms with van der Waals surface area (Å²) in [6.45, 7) is 0. The van der Waals surface area contributed by atoms with Gasteiger partial charge < -0.3 is 4.42 Å². The molecule has 0 spiro atoms. The van der Waals surface area contributed by atoms with Crippen molar-refractivity contribution in [1.29, 1.82) is 0 Å². The average molecular weight is 329 g/mol. The molecule has 0 saturated carbocycles. The molecule has 0 aliphatic carbocycles. The van der Waals surface area contributed by atoms with E-state index < -0.39 is 0 Å². The highest BCUT2D eigenvalue weighted by Crippen LogP contribution is 2.36. The van der Waals surface area contributed by atoms with Crippen molar-refractivity contribution in [3.63, 3.8) is 0 Å². The smallest absolute Gasteiger partial charge is 0.258 e. The Labute approximate surface area is 135 Å². The number of aliphatic imine (C=N–C) groups is 1. The first kappa shape index (κ1) is 14.2. The van der Waals surface area contributed by atoms with Crippen molar-refractivity contribution in [2.24, 2.45) is 10.1 Å². The van der Waals surface area contributed by atoms with Gasteiger partial charge in [0.2, 0.25) is 0 Å². The zero-order valence-corrected chi connectivity index (χ0v) is 12.8. The van der Waals surface area contributed by atoms with Gasteiger partial charge in [0.25, 0.3) is 5.91 Å². The molecule has 0 N–H and O–H groups in total. The Bertz CT molecular complexity index is 799. The van der Waals surface area contributed by atoms with E-state index >= 15 is 0 Å². The van der Waals surface area contributed by atoms with Gasteiger partial charge in [-0.1, -0.05) is 23.9 Å². The van der Waals surface area contributed by atoms with Gasteiger partial charge in [-0.2, -0.15) is 10.1 Å². The Kier molecular flexibility index (Phi) is 3.49. The lowest BCUT2D eigenvalue weighted by atomic mass is 10.0. The Balaban J connectivity index is 1.70. The summed E-state index contributed by atoms with van der Waals surface area (Å²) in [5, 5.41) is 6.91. The monoisotopic (exact) mass is 329 g/mol. The van der Waals surface area contributed by atoms with Crippen LogP contribution < -0.4 is 0 Å². The summed E-state index contributed by atoms with van der Waals surface area (Å²) in [5.74, 6) is 0.647. The number of amidine groups is 1. The van der Waals surface area contributed by atoms with Crippen molar-refractivity contribution < 1.29 is 13.6 Å². The molecular weight excluding hydrogens is 317 g/mol. The molecule has 1 aromatic carbocycles. The van der Waals surface area contributed by atoms with Gasteiger partial charge in [0.05, 0.1) is 17.7 Å². The summed E-state index contributed by atoms with van der Waals surface area (Å²) in [5.41, 5.74) is 1.66. The van der Waals surface area contributed by atoms with Gasteiger partial charge in [-0.15, -0.1) is 0 Å². The molecule has 7 heteroatoms. The van der Waals surface area contributed by atoms with Gasteiger partial charge in [-0.25, -0.2) is 9.40 Å². The molecule has 2 aliphatic rings. The van der Waals surface area contributed by atoms with Gasteiger partial charge in [-0.05, 0) is 29.8 Å². The van der Waals surface area contributed by atoms with Crippen molar-refractivity contribution in [3.05, 3.63) is 59.8 Å². The van der Waals surface area contributed by atoms with Gasteiger partial charge in [0.15, 0.2) is 5.17 Å². The van der Waals surface area contributed by atoms with E-state index in [1.54, 1.807) is 23.4 Å². The fourth-order valence-electron chi connectivity index (χ4n) is 2.62. The fraction of sp³-hybridized carbons (Fsp3) is 0.188. The molecule has 1 aromatic heterocycles. The van der Waals surface area contributed by atoms with Crippen LogP contribution in [0.1, 0.15) is 23.8 Å². The van der Waals surface area contributed by atoms with Crippen LogP contribution in [-0.2, 0) is 4.79 Å². The number of carbonyl (C=O) groups is 1. The quantitative estimate of drug-likeness (QED) is 0.849. The van der Waals surface area contributed by atoms with Gasteiger partial charge in [0, 0.05) is 6.42 Å². The highest BCUT2D eigenvalue weighted by molar-refractivity contribution is 8.14. The molecule has 2 aliphatic heterocycles. The molecule has 116 valence electrons. The number of halogens is 1. The molecule has 0 radical (unpaired) electrons. The molecule has 4 rings (SSSR count). The topological polar surface area (TPSA) is 58.2 Å². The van der Waals surface area contributed by atoms with Crippen LogP contribution in [0, 0.1) is 5.82 Å². The first-order valence-corrected chi connectivity index (χ1v) is 8.09. The summed E-state index contributed by atoms with van der Waals surface area (Å²) in [6.07, 6.45) is 2.21. The van der Waals surface area contributed by atoms with E-state index in [0.717, 1.165) is 17.0 Å². The second-order valence-corrected chi connectivity index (χ2v) is 6.15. The minimum Gasteiger partial charge on any atom is -0.467 e. The Morgan fingerprint density at radius 3 is 2.74 bits per heavy atom. The van der Waals surface area contributed by atoms with Crippen LogP contribution in [0.3, 0.4) is 0 Å². The lowest BCUT2D eigenvalue weighted by molar-refractivity contribution is -0.115. The van der Waals surface area contributed by atoms with E-state index in [0.29, 0.717) is 17.3 Å². The molecular formula is C16H12FN3O2S. The number of hydrogen-bond acceptors (Lipinski definition) is 5. The first-order chi connectivity index (χ1) is 11.2. The maximum absolute atomic E-state index is 13.1. The molecule has 2 aromatic rings. The number of benzene rings is 1. The second-order valence-electron chi connectivity index (χ2n) is 5.21. The summed E-state index contributed by atoms with van der Waals surface area (Å²) in [4.78, 5) is 15.5. The number of hydrogen-bond donors (Lipinski definition) is 0. The molecule has 0 saturated heterocycles. The first-order valence-electron chi connectivity index (χ1n) is 7.11. The predicted octanol–water partition coefficient (Wildman–Crippen LogP) is 3.20. The minimum atomic E-state index is -0.284. The van der Waals surface area contributed by atoms with Crippen molar-refractivity contribution in [3.8, 4) is 0 Å². The molecule has 23 heavy (non-hydrogen) atoms. The van der Waals surface area contributed by atoms with Gasteiger partial charge in [-0.3, -0.25) is 4.79 Å². The number of thioether (sulfide) groups is 1. The Morgan fingerprint density at radius 2 is 2.09 bits per heavy atom. The molecule has 1 atom stereocenters. The zero-order chi connectivity index (χ0) is 15.8.